The van der Waals surface area contributed by atoms with Crippen LogP contribution in [0, 0.1) is 16.7 Å². The molecule has 2 aliphatic heterocycles. The van der Waals surface area contributed by atoms with Gasteiger partial charge in [0, 0.05) is 42.5 Å². The molecule has 2 atom stereocenters. The number of carbonyl (C=O) groups excluding carboxylic acids is 1. The maximum absolute atomic E-state index is 14.6. The van der Waals surface area contributed by atoms with E-state index in [2.05, 4.69) is 21.3 Å². The molecule has 1 aromatic carbocycles. The number of carbonyl (C=O) groups is 1. The average molecular weight is 539 g/mol. The highest BCUT2D eigenvalue weighted by Gasteiger charge is 2.86. The molecule has 0 radical (unpaired) electrons. The van der Waals surface area contributed by atoms with Gasteiger partial charge in [-0.2, -0.15) is 18.4 Å². The van der Waals surface area contributed by atoms with E-state index in [0.29, 0.717) is 27.7 Å². The van der Waals surface area contributed by atoms with Crippen LogP contribution in [-0.2, 0) is 10.2 Å². The van der Waals surface area contributed by atoms with Crippen molar-refractivity contribution in [3.05, 3.63) is 53.9 Å². The highest BCUT2D eigenvalue weighted by Crippen LogP contribution is 2.75. The number of pyridine rings is 1. The molecule has 0 N–H and O–H groups in total. The maximum Gasteiger partial charge on any atom is 0.410 e. The first-order chi connectivity index (χ1) is 18.4. The van der Waals surface area contributed by atoms with E-state index in [1.807, 2.05) is 0 Å². The van der Waals surface area contributed by atoms with Crippen molar-refractivity contribution in [2.75, 3.05) is 31.1 Å². The number of fused-ring (bicyclic) bond motifs is 2. The second kappa shape index (κ2) is 8.18. The second-order valence-corrected chi connectivity index (χ2v) is 11.3. The van der Waals surface area contributed by atoms with E-state index in [1.165, 1.54) is 4.90 Å². The zero-order valence-corrected chi connectivity index (χ0v) is 21.5. The van der Waals surface area contributed by atoms with Crippen molar-refractivity contribution in [3.8, 4) is 6.07 Å². The second-order valence-electron chi connectivity index (χ2n) is 11.3. The van der Waals surface area contributed by atoms with Crippen LogP contribution in [-0.4, -0.2) is 64.1 Å². The first-order valence-electron chi connectivity index (χ1n) is 12.5. The minimum absolute atomic E-state index is 0.0210. The van der Waals surface area contributed by atoms with Crippen LogP contribution in [0.25, 0.3) is 16.5 Å². The Labute approximate surface area is 221 Å². The van der Waals surface area contributed by atoms with Gasteiger partial charge in [-0.15, -0.1) is 10.2 Å². The minimum Gasteiger partial charge on any atom is -0.444 e. The standard InChI is InChI=1S/C27H25F3N6O3/c1-24(2,3)39-23(37)35-10-8-17(12-35)21-33-34-22(38-21)25-13-26(25,27(28,29)30)15-36(14-25)19-7-6-16(11-31)20-18(19)5-4-9-32-20/h4-9H,10,12-15H2,1-3H3/t25-,26-/m0/s1. The first-order valence-corrected chi connectivity index (χ1v) is 12.5. The molecule has 1 saturated heterocycles. The molecule has 3 aromatic rings. The van der Waals surface area contributed by atoms with E-state index < -0.39 is 28.7 Å². The van der Waals surface area contributed by atoms with Gasteiger partial charge in [-0.1, -0.05) is 6.08 Å². The van der Waals surface area contributed by atoms with Crippen molar-refractivity contribution in [2.45, 2.75) is 44.4 Å². The Bertz CT molecular complexity index is 1570. The van der Waals surface area contributed by atoms with Crippen LogP contribution in [0.1, 0.15) is 44.5 Å². The molecule has 2 aromatic heterocycles. The quantitative estimate of drug-likeness (QED) is 0.467. The summed E-state index contributed by atoms with van der Waals surface area (Å²) in [6.45, 7) is 5.47. The lowest BCUT2D eigenvalue weighted by molar-refractivity contribution is -0.187. The molecular weight excluding hydrogens is 513 g/mol. The lowest BCUT2D eigenvalue weighted by Gasteiger charge is -2.25. The van der Waals surface area contributed by atoms with Crippen LogP contribution in [0.5, 0.6) is 0 Å². The van der Waals surface area contributed by atoms with Gasteiger partial charge in [-0.05, 0) is 51.5 Å². The fourth-order valence-electron chi connectivity index (χ4n) is 5.82. The van der Waals surface area contributed by atoms with E-state index in [4.69, 9.17) is 9.15 Å². The molecule has 12 heteroatoms. The third kappa shape index (κ3) is 3.82. The van der Waals surface area contributed by atoms with E-state index in [0.717, 1.165) is 0 Å². The zero-order valence-electron chi connectivity index (χ0n) is 21.5. The SMILES string of the molecule is CC(C)(C)OC(=O)N1CC=C(c2nnc([C@]34CN(c5ccc(C#N)c6ncccc56)C[C@@]3(C(F)(F)F)C4)o2)C1. The summed E-state index contributed by atoms with van der Waals surface area (Å²) in [5, 5.41) is 18.2. The van der Waals surface area contributed by atoms with Gasteiger partial charge < -0.3 is 14.1 Å². The highest BCUT2D eigenvalue weighted by atomic mass is 19.4. The molecule has 6 rings (SSSR count). The molecule has 9 nitrogen and oxygen atoms in total. The molecule has 0 spiro atoms. The number of alkyl halides is 3. The molecule has 0 unspecified atom stereocenters. The summed E-state index contributed by atoms with van der Waals surface area (Å²) in [5.41, 5.74) is -2.18. The van der Waals surface area contributed by atoms with Crippen LogP contribution in [0.2, 0.25) is 0 Å². The van der Waals surface area contributed by atoms with Gasteiger partial charge >= 0.3 is 12.3 Å². The zero-order chi connectivity index (χ0) is 27.8. The Hall–Kier alpha value is -4.14. The average Bonchev–Trinajstić information content (AvgIpc) is 3.34. The number of benzene rings is 1. The van der Waals surface area contributed by atoms with Crippen molar-refractivity contribution in [3.63, 3.8) is 0 Å². The number of hydrogen-bond donors (Lipinski definition) is 0. The molecule has 39 heavy (non-hydrogen) atoms. The summed E-state index contributed by atoms with van der Waals surface area (Å²) in [4.78, 5) is 19.8. The number of anilines is 1. The minimum atomic E-state index is -4.50. The highest BCUT2D eigenvalue weighted by molar-refractivity contribution is 5.95. The van der Waals surface area contributed by atoms with Crippen molar-refractivity contribution < 1.29 is 27.1 Å². The smallest absolute Gasteiger partial charge is 0.410 e. The summed E-state index contributed by atoms with van der Waals surface area (Å²) < 4.78 is 55.0. The van der Waals surface area contributed by atoms with E-state index in [-0.39, 0.29) is 44.4 Å². The fourth-order valence-corrected chi connectivity index (χ4v) is 5.82. The van der Waals surface area contributed by atoms with Gasteiger partial charge in [-0.25, -0.2) is 4.79 Å². The predicted octanol–water partition coefficient (Wildman–Crippen LogP) is 4.83. The Morgan fingerprint density at radius 1 is 1.18 bits per heavy atom. The number of amides is 1. The van der Waals surface area contributed by atoms with Gasteiger partial charge in [0.05, 0.1) is 23.0 Å². The molecule has 202 valence electrons. The van der Waals surface area contributed by atoms with Gasteiger partial charge in [0.15, 0.2) is 0 Å². The van der Waals surface area contributed by atoms with Crippen LogP contribution in [0.4, 0.5) is 23.7 Å². The van der Waals surface area contributed by atoms with E-state index in [9.17, 15) is 23.2 Å². The molecular formula is C27H25F3N6O3. The first kappa shape index (κ1) is 25.2. The Balaban J connectivity index is 1.29. The lowest BCUT2D eigenvalue weighted by Crippen LogP contribution is -2.35. The van der Waals surface area contributed by atoms with Crippen LogP contribution >= 0.6 is 0 Å². The summed E-state index contributed by atoms with van der Waals surface area (Å²) in [7, 11) is 0. The Kier molecular flexibility index (Phi) is 5.28. The van der Waals surface area contributed by atoms with E-state index >= 15 is 0 Å². The molecule has 1 amide bonds. The normalized spacial score (nSPS) is 24.5. The molecule has 2 fully saturated rings. The number of hydrogen-bond acceptors (Lipinski definition) is 8. The van der Waals surface area contributed by atoms with Crippen molar-refractivity contribution in [1.82, 2.24) is 20.1 Å². The van der Waals surface area contributed by atoms with Gasteiger partial charge in [0.1, 0.15) is 17.1 Å². The van der Waals surface area contributed by atoms with Gasteiger partial charge in [-0.3, -0.25) is 9.88 Å². The number of piperidine rings is 1. The van der Waals surface area contributed by atoms with E-state index in [1.54, 1.807) is 62.2 Å². The maximum atomic E-state index is 14.6. The molecule has 3 aliphatic rings. The number of rotatable bonds is 3. The number of ether oxygens (including phenoxy) is 1. The van der Waals surface area contributed by atoms with Crippen LogP contribution in [0.3, 0.4) is 0 Å². The topological polar surface area (TPSA) is 108 Å². The van der Waals surface area contributed by atoms with Crippen molar-refractivity contribution in [1.29, 1.82) is 5.26 Å². The third-order valence-electron chi connectivity index (χ3n) is 7.75. The van der Waals surface area contributed by atoms with Crippen LogP contribution < -0.4 is 4.90 Å². The third-order valence-corrected chi connectivity index (χ3v) is 7.75. The summed E-state index contributed by atoms with van der Waals surface area (Å²) in [5.74, 6) is 0.0323. The number of nitrogens with zero attached hydrogens (tertiary/aromatic N) is 6. The summed E-state index contributed by atoms with van der Waals surface area (Å²) in [6.07, 6.45) is -1.87. The predicted molar refractivity (Wildman–Crippen MR) is 134 cm³/mol. The Morgan fingerprint density at radius 2 is 1.97 bits per heavy atom. The van der Waals surface area contributed by atoms with Crippen molar-refractivity contribution in [2.24, 2.45) is 5.41 Å². The molecule has 1 aliphatic carbocycles. The number of nitriles is 1. The molecule has 0 bridgehead atoms. The Morgan fingerprint density at radius 3 is 2.69 bits per heavy atom. The van der Waals surface area contributed by atoms with Gasteiger partial charge in [0.2, 0.25) is 11.8 Å². The summed E-state index contributed by atoms with van der Waals surface area (Å²) >= 11 is 0. The monoisotopic (exact) mass is 538 g/mol. The summed E-state index contributed by atoms with van der Waals surface area (Å²) in [6, 6.07) is 8.78. The fraction of sp³-hybridized carbons (Fsp3) is 0.444. The number of halogens is 3. The molecule has 4 heterocycles. The molecule has 1 saturated carbocycles. The van der Waals surface area contributed by atoms with Crippen LogP contribution in [0.15, 0.2) is 41.0 Å². The number of aromatic nitrogens is 3. The van der Waals surface area contributed by atoms with Gasteiger partial charge in [0.25, 0.3) is 0 Å². The largest absolute Gasteiger partial charge is 0.444 e. The lowest BCUT2D eigenvalue weighted by atomic mass is 9.95. The van der Waals surface area contributed by atoms with Crippen molar-refractivity contribution >= 4 is 28.3 Å².